The fraction of sp³-hybridized carbons (Fsp3) is 0.471. The van der Waals surface area contributed by atoms with E-state index in [1.165, 1.54) is 12.5 Å². The van der Waals surface area contributed by atoms with E-state index in [2.05, 4.69) is 23.7 Å². The largest absolute Gasteiger partial charge is 0.312 e. The SMILES string of the molecule is CC1CC(C)CN(Cc2sc(=O)[nH]c2-c2ccc(F)c(F)c2)C1. The van der Waals surface area contributed by atoms with E-state index in [1.54, 1.807) is 0 Å². The number of likely N-dealkylation sites (tertiary alicyclic amines) is 1. The van der Waals surface area contributed by atoms with Crippen LogP contribution >= 0.6 is 11.3 Å². The van der Waals surface area contributed by atoms with Gasteiger partial charge in [0.1, 0.15) is 0 Å². The van der Waals surface area contributed by atoms with Gasteiger partial charge in [-0.2, -0.15) is 0 Å². The molecule has 0 bridgehead atoms. The van der Waals surface area contributed by atoms with Crippen LogP contribution in [0.25, 0.3) is 11.3 Å². The lowest BCUT2D eigenvalue weighted by molar-refractivity contribution is 0.135. The van der Waals surface area contributed by atoms with E-state index in [4.69, 9.17) is 0 Å². The standard InChI is InChI=1S/C17H20F2N2OS/c1-10-5-11(2)8-21(7-10)9-15-16(20-17(22)23-15)12-3-4-13(18)14(19)6-12/h3-4,6,10-11H,5,7-9H2,1-2H3,(H,20,22). The van der Waals surface area contributed by atoms with E-state index >= 15 is 0 Å². The van der Waals surface area contributed by atoms with Crippen LogP contribution in [-0.4, -0.2) is 23.0 Å². The number of aromatic nitrogens is 1. The maximum absolute atomic E-state index is 13.5. The first-order valence-corrected chi connectivity index (χ1v) is 8.63. The lowest BCUT2D eigenvalue weighted by atomic mass is 9.92. The molecule has 23 heavy (non-hydrogen) atoms. The first kappa shape index (κ1) is 16.3. The molecule has 1 aliphatic heterocycles. The van der Waals surface area contributed by atoms with Crippen molar-refractivity contribution in [3.63, 3.8) is 0 Å². The van der Waals surface area contributed by atoms with Crippen LogP contribution in [0.3, 0.4) is 0 Å². The highest BCUT2D eigenvalue weighted by atomic mass is 32.1. The molecule has 0 aliphatic carbocycles. The number of nitrogens with zero attached hydrogens (tertiary/aromatic N) is 1. The molecule has 1 aromatic carbocycles. The Labute approximate surface area is 138 Å². The summed E-state index contributed by atoms with van der Waals surface area (Å²) in [5, 5.41) is 0. The Bertz CT molecular complexity index is 745. The minimum Gasteiger partial charge on any atom is -0.312 e. The van der Waals surface area contributed by atoms with E-state index in [0.29, 0.717) is 29.6 Å². The van der Waals surface area contributed by atoms with Gasteiger partial charge in [0.15, 0.2) is 11.6 Å². The maximum Gasteiger partial charge on any atom is 0.305 e. The van der Waals surface area contributed by atoms with Crippen molar-refractivity contribution in [2.45, 2.75) is 26.8 Å². The summed E-state index contributed by atoms with van der Waals surface area (Å²) in [7, 11) is 0. The number of piperidine rings is 1. The number of H-pyrrole nitrogens is 1. The zero-order valence-electron chi connectivity index (χ0n) is 13.2. The lowest BCUT2D eigenvalue weighted by Gasteiger charge is -2.34. The second-order valence-corrected chi connectivity index (χ2v) is 7.65. The zero-order valence-corrected chi connectivity index (χ0v) is 14.1. The van der Waals surface area contributed by atoms with E-state index < -0.39 is 11.6 Å². The molecule has 2 heterocycles. The minimum atomic E-state index is -0.902. The summed E-state index contributed by atoms with van der Waals surface area (Å²) in [5.74, 6) is -0.533. The van der Waals surface area contributed by atoms with Gasteiger partial charge in [0.25, 0.3) is 0 Å². The van der Waals surface area contributed by atoms with Crippen molar-refractivity contribution in [1.82, 2.24) is 9.88 Å². The highest BCUT2D eigenvalue weighted by Gasteiger charge is 2.23. The number of nitrogens with one attached hydrogen (secondary N) is 1. The third kappa shape index (κ3) is 3.70. The molecular formula is C17H20F2N2OS. The number of rotatable bonds is 3. The Morgan fingerprint density at radius 3 is 2.57 bits per heavy atom. The second kappa shape index (κ2) is 6.53. The molecule has 6 heteroatoms. The molecule has 124 valence electrons. The molecule has 1 saturated heterocycles. The molecular weight excluding hydrogens is 318 g/mol. The molecule has 1 N–H and O–H groups in total. The first-order chi connectivity index (χ1) is 10.9. The van der Waals surface area contributed by atoms with Gasteiger partial charge in [-0.15, -0.1) is 0 Å². The Kier molecular flexibility index (Phi) is 4.64. The smallest absolute Gasteiger partial charge is 0.305 e. The molecule has 1 fully saturated rings. The first-order valence-electron chi connectivity index (χ1n) is 7.82. The molecule has 2 aromatic rings. The van der Waals surface area contributed by atoms with Crippen molar-refractivity contribution < 1.29 is 8.78 Å². The van der Waals surface area contributed by atoms with Gasteiger partial charge in [0.05, 0.1) is 5.69 Å². The minimum absolute atomic E-state index is 0.169. The Morgan fingerprint density at radius 1 is 1.22 bits per heavy atom. The summed E-state index contributed by atoms with van der Waals surface area (Å²) in [4.78, 5) is 17.6. The number of hydrogen-bond acceptors (Lipinski definition) is 3. The van der Waals surface area contributed by atoms with E-state index in [-0.39, 0.29) is 4.87 Å². The quantitative estimate of drug-likeness (QED) is 0.922. The maximum atomic E-state index is 13.5. The van der Waals surface area contributed by atoms with E-state index in [0.717, 1.165) is 41.4 Å². The molecule has 0 amide bonds. The van der Waals surface area contributed by atoms with Crippen molar-refractivity contribution in [3.8, 4) is 11.3 Å². The van der Waals surface area contributed by atoms with Gasteiger partial charge >= 0.3 is 4.87 Å². The van der Waals surface area contributed by atoms with Gasteiger partial charge in [-0.05, 0) is 36.5 Å². The molecule has 3 nitrogen and oxygen atoms in total. The zero-order chi connectivity index (χ0) is 16.6. The van der Waals surface area contributed by atoms with Crippen LogP contribution in [0.1, 0.15) is 25.1 Å². The predicted molar refractivity (Wildman–Crippen MR) is 88.5 cm³/mol. The molecule has 2 atom stereocenters. The monoisotopic (exact) mass is 338 g/mol. The van der Waals surface area contributed by atoms with Crippen molar-refractivity contribution in [3.05, 3.63) is 44.4 Å². The lowest BCUT2D eigenvalue weighted by Crippen LogP contribution is -2.38. The highest BCUT2D eigenvalue weighted by Crippen LogP contribution is 2.28. The van der Waals surface area contributed by atoms with Crippen LogP contribution in [0, 0.1) is 23.5 Å². The fourth-order valence-corrected chi connectivity index (χ4v) is 4.38. The topological polar surface area (TPSA) is 36.1 Å². The fourth-order valence-electron chi connectivity index (χ4n) is 3.48. The summed E-state index contributed by atoms with van der Waals surface area (Å²) in [6.45, 7) is 7.12. The van der Waals surface area contributed by atoms with Crippen LogP contribution in [0.15, 0.2) is 23.0 Å². The van der Waals surface area contributed by atoms with E-state index in [9.17, 15) is 13.6 Å². The summed E-state index contributed by atoms with van der Waals surface area (Å²) < 4.78 is 26.6. The van der Waals surface area contributed by atoms with Crippen LogP contribution in [0.4, 0.5) is 8.78 Å². The van der Waals surface area contributed by atoms with Crippen molar-refractivity contribution >= 4 is 11.3 Å². The highest BCUT2D eigenvalue weighted by molar-refractivity contribution is 7.09. The third-order valence-corrected chi connectivity index (χ3v) is 5.11. The van der Waals surface area contributed by atoms with Gasteiger partial charge in [-0.25, -0.2) is 8.78 Å². The van der Waals surface area contributed by atoms with Crippen LogP contribution in [0.2, 0.25) is 0 Å². The van der Waals surface area contributed by atoms with E-state index in [1.807, 2.05) is 0 Å². The summed E-state index contributed by atoms with van der Waals surface area (Å²) in [6.07, 6.45) is 1.22. The Morgan fingerprint density at radius 2 is 1.91 bits per heavy atom. The van der Waals surface area contributed by atoms with Crippen LogP contribution in [0.5, 0.6) is 0 Å². The van der Waals surface area contributed by atoms with Crippen LogP contribution in [-0.2, 0) is 6.54 Å². The number of benzene rings is 1. The molecule has 3 rings (SSSR count). The van der Waals surface area contributed by atoms with Gasteiger partial charge in [-0.3, -0.25) is 9.69 Å². The predicted octanol–water partition coefficient (Wildman–Crippen LogP) is 3.86. The molecule has 1 aromatic heterocycles. The molecule has 0 spiro atoms. The van der Waals surface area contributed by atoms with Crippen molar-refractivity contribution in [2.75, 3.05) is 13.1 Å². The number of aromatic amines is 1. The molecule has 2 unspecified atom stereocenters. The Hall–Kier alpha value is -1.53. The average Bonchev–Trinajstić information content (AvgIpc) is 2.81. The van der Waals surface area contributed by atoms with Gasteiger partial charge in [0.2, 0.25) is 0 Å². The molecule has 0 saturated carbocycles. The van der Waals surface area contributed by atoms with Crippen molar-refractivity contribution in [2.24, 2.45) is 11.8 Å². The van der Waals surface area contributed by atoms with Gasteiger partial charge in [-0.1, -0.05) is 25.2 Å². The average molecular weight is 338 g/mol. The molecule has 0 radical (unpaired) electrons. The third-order valence-electron chi connectivity index (χ3n) is 4.24. The van der Waals surface area contributed by atoms with Crippen molar-refractivity contribution in [1.29, 1.82) is 0 Å². The van der Waals surface area contributed by atoms with Crippen LogP contribution < -0.4 is 4.87 Å². The van der Waals surface area contributed by atoms with Gasteiger partial charge in [0, 0.05) is 30.1 Å². The summed E-state index contributed by atoms with van der Waals surface area (Å²) in [6, 6.07) is 3.73. The normalized spacial score (nSPS) is 22.4. The Balaban J connectivity index is 1.88. The molecule has 1 aliphatic rings. The number of halogens is 2. The van der Waals surface area contributed by atoms with Gasteiger partial charge < -0.3 is 4.98 Å². The summed E-state index contributed by atoms with van der Waals surface area (Å²) in [5.41, 5.74) is 1.11. The summed E-state index contributed by atoms with van der Waals surface area (Å²) >= 11 is 1.15. The number of hydrogen-bond donors (Lipinski definition) is 1. The number of thiazole rings is 1. The second-order valence-electron chi connectivity index (χ2n) is 6.58.